The highest BCUT2D eigenvalue weighted by molar-refractivity contribution is 7.99. The van der Waals surface area contributed by atoms with Crippen molar-refractivity contribution in [2.45, 2.75) is 12.1 Å². The molecule has 4 rings (SSSR count). The Morgan fingerprint density at radius 3 is 2.92 bits per heavy atom. The molecule has 134 valence electrons. The van der Waals surface area contributed by atoms with Gasteiger partial charge in [-0.05, 0) is 29.5 Å². The smallest absolute Gasteiger partial charge is 0.236 e. The summed E-state index contributed by atoms with van der Waals surface area (Å²) in [6, 6.07) is 5.45. The van der Waals surface area contributed by atoms with Crippen LogP contribution in [0.5, 0.6) is 11.5 Å². The zero-order valence-electron chi connectivity index (χ0n) is 13.6. The lowest BCUT2D eigenvalue weighted by molar-refractivity contribution is -0.113. The van der Waals surface area contributed by atoms with Crippen LogP contribution in [0.2, 0.25) is 0 Å². The van der Waals surface area contributed by atoms with E-state index in [2.05, 4.69) is 31.0 Å². The second-order valence-corrected chi connectivity index (χ2v) is 7.29. The van der Waals surface area contributed by atoms with Crippen LogP contribution >= 0.6 is 23.1 Å². The molecule has 1 aromatic carbocycles. The monoisotopic (exact) mass is 391 g/mol. The van der Waals surface area contributed by atoms with E-state index in [1.54, 1.807) is 10.7 Å². The quantitative estimate of drug-likeness (QED) is 0.643. The molecule has 0 unspecified atom stereocenters. The molecule has 0 radical (unpaired) electrons. The Morgan fingerprint density at radius 1 is 1.27 bits per heavy atom. The Balaban J connectivity index is 1.44. The van der Waals surface area contributed by atoms with E-state index in [1.807, 2.05) is 19.1 Å². The summed E-state index contributed by atoms with van der Waals surface area (Å²) in [6.07, 6.45) is 0. The van der Waals surface area contributed by atoms with E-state index in [1.165, 1.54) is 23.1 Å². The Kier molecular flexibility index (Phi) is 4.67. The highest BCUT2D eigenvalue weighted by Gasteiger charge is 2.16. The SMILES string of the molecule is Cc1nnc(NC(=O)CSc2nnnn2-c2ccc3c(c2)OCCO3)s1. The number of tetrazole rings is 1. The summed E-state index contributed by atoms with van der Waals surface area (Å²) in [6.45, 7) is 2.85. The average molecular weight is 391 g/mol. The highest BCUT2D eigenvalue weighted by Crippen LogP contribution is 2.32. The molecule has 1 aliphatic rings. The standard InChI is InChI=1S/C14H13N7O3S2/c1-8-16-17-13(26-8)15-12(22)7-25-14-18-19-20-21(14)9-2-3-10-11(6-9)24-5-4-23-10/h2-3,6H,4-5,7H2,1H3,(H,15,17,22). The number of amides is 1. The first-order chi connectivity index (χ1) is 12.7. The van der Waals surface area contributed by atoms with Crippen LogP contribution in [-0.4, -0.2) is 55.3 Å². The third kappa shape index (κ3) is 3.60. The lowest BCUT2D eigenvalue weighted by Gasteiger charge is -2.18. The van der Waals surface area contributed by atoms with Gasteiger partial charge in [-0.15, -0.1) is 15.3 Å². The van der Waals surface area contributed by atoms with Crippen molar-refractivity contribution in [1.82, 2.24) is 30.4 Å². The van der Waals surface area contributed by atoms with Crippen LogP contribution < -0.4 is 14.8 Å². The number of thioether (sulfide) groups is 1. The van der Waals surface area contributed by atoms with Gasteiger partial charge in [0.25, 0.3) is 0 Å². The van der Waals surface area contributed by atoms with Crippen molar-refractivity contribution in [1.29, 1.82) is 0 Å². The summed E-state index contributed by atoms with van der Waals surface area (Å²) in [5.41, 5.74) is 0.724. The molecule has 26 heavy (non-hydrogen) atoms. The predicted molar refractivity (Wildman–Crippen MR) is 94.1 cm³/mol. The number of anilines is 1. The van der Waals surface area contributed by atoms with Crippen LogP contribution in [0.3, 0.4) is 0 Å². The topological polar surface area (TPSA) is 117 Å². The summed E-state index contributed by atoms with van der Waals surface area (Å²) in [5, 5.41) is 23.8. The number of aromatic nitrogens is 6. The number of carbonyl (C=O) groups is 1. The molecule has 3 aromatic rings. The van der Waals surface area contributed by atoms with E-state index in [-0.39, 0.29) is 11.7 Å². The molecule has 1 aliphatic heterocycles. The van der Waals surface area contributed by atoms with Gasteiger partial charge in [0.05, 0.1) is 11.4 Å². The van der Waals surface area contributed by atoms with Crippen LogP contribution in [0.25, 0.3) is 5.69 Å². The van der Waals surface area contributed by atoms with Gasteiger partial charge in [0.1, 0.15) is 18.2 Å². The number of carbonyl (C=O) groups excluding carboxylic acids is 1. The molecule has 0 aliphatic carbocycles. The van der Waals surface area contributed by atoms with Gasteiger partial charge in [0.2, 0.25) is 16.2 Å². The highest BCUT2D eigenvalue weighted by atomic mass is 32.2. The third-order valence-electron chi connectivity index (χ3n) is 3.32. The first-order valence-corrected chi connectivity index (χ1v) is 9.40. The second-order valence-electron chi connectivity index (χ2n) is 5.16. The molecule has 2 aromatic heterocycles. The Morgan fingerprint density at radius 2 is 2.12 bits per heavy atom. The van der Waals surface area contributed by atoms with Crippen molar-refractivity contribution in [2.75, 3.05) is 24.3 Å². The van der Waals surface area contributed by atoms with Crippen molar-refractivity contribution < 1.29 is 14.3 Å². The van der Waals surface area contributed by atoms with Crippen LogP contribution in [0.15, 0.2) is 23.4 Å². The van der Waals surface area contributed by atoms with Gasteiger partial charge in [-0.1, -0.05) is 23.1 Å². The number of rotatable bonds is 5. The van der Waals surface area contributed by atoms with Gasteiger partial charge in [-0.3, -0.25) is 10.1 Å². The second kappa shape index (κ2) is 7.25. The molecule has 0 spiro atoms. The van der Waals surface area contributed by atoms with Gasteiger partial charge >= 0.3 is 0 Å². The molecule has 12 heteroatoms. The van der Waals surface area contributed by atoms with Crippen molar-refractivity contribution in [2.24, 2.45) is 0 Å². The Bertz CT molecular complexity index is 942. The van der Waals surface area contributed by atoms with E-state index >= 15 is 0 Å². The number of nitrogens with one attached hydrogen (secondary N) is 1. The molecule has 1 N–H and O–H groups in total. The molecular formula is C14H13N7O3S2. The maximum absolute atomic E-state index is 12.0. The molecule has 0 saturated carbocycles. The zero-order valence-corrected chi connectivity index (χ0v) is 15.2. The summed E-state index contributed by atoms with van der Waals surface area (Å²) in [4.78, 5) is 12.0. The van der Waals surface area contributed by atoms with Crippen molar-refractivity contribution >= 4 is 34.1 Å². The summed E-state index contributed by atoms with van der Waals surface area (Å²) < 4.78 is 12.6. The number of ether oxygens (including phenoxy) is 2. The van der Waals surface area contributed by atoms with Gasteiger partial charge < -0.3 is 9.47 Å². The van der Waals surface area contributed by atoms with Gasteiger partial charge in [-0.25, -0.2) is 0 Å². The maximum Gasteiger partial charge on any atom is 0.236 e. The number of benzene rings is 1. The lowest BCUT2D eigenvalue weighted by atomic mass is 10.2. The fraction of sp³-hybridized carbons (Fsp3) is 0.286. The molecule has 0 fully saturated rings. The molecule has 10 nitrogen and oxygen atoms in total. The number of fused-ring (bicyclic) bond motifs is 1. The molecule has 3 heterocycles. The minimum atomic E-state index is -0.206. The normalized spacial score (nSPS) is 12.8. The first kappa shape index (κ1) is 16.7. The van der Waals surface area contributed by atoms with E-state index in [4.69, 9.17) is 9.47 Å². The minimum Gasteiger partial charge on any atom is -0.486 e. The number of aryl methyl sites for hydroxylation is 1. The van der Waals surface area contributed by atoms with E-state index in [0.29, 0.717) is 35.0 Å². The molecule has 1 amide bonds. The summed E-state index contributed by atoms with van der Waals surface area (Å²) in [5.74, 6) is 1.27. The summed E-state index contributed by atoms with van der Waals surface area (Å²) in [7, 11) is 0. The third-order valence-corrected chi connectivity index (χ3v) is 4.99. The molecule has 0 saturated heterocycles. The van der Waals surface area contributed by atoms with Gasteiger partial charge in [0.15, 0.2) is 11.5 Å². The summed E-state index contributed by atoms with van der Waals surface area (Å²) >= 11 is 2.54. The minimum absolute atomic E-state index is 0.142. The van der Waals surface area contributed by atoms with Crippen LogP contribution in [0, 0.1) is 6.92 Å². The number of nitrogens with zero attached hydrogens (tertiary/aromatic N) is 6. The first-order valence-electron chi connectivity index (χ1n) is 7.60. The maximum atomic E-state index is 12.0. The molecule has 0 bridgehead atoms. The largest absolute Gasteiger partial charge is 0.486 e. The van der Waals surface area contributed by atoms with Crippen molar-refractivity contribution in [3.05, 3.63) is 23.2 Å². The Hall–Kier alpha value is -2.73. The van der Waals surface area contributed by atoms with Crippen molar-refractivity contribution in [3.8, 4) is 17.2 Å². The number of hydrogen-bond acceptors (Lipinski definition) is 10. The van der Waals surface area contributed by atoms with E-state index in [9.17, 15) is 4.79 Å². The lowest BCUT2D eigenvalue weighted by Crippen LogP contribution is -2.16. The Labute approximate surface area is 155 Å². The number of hydrogen-bond donors (Lipinski definition) is 1. The molecular weight excluding hydrogens is 378 g/mol. The van der Waals surface area contributed by atoms with Crippen molar-refractivity contribution in [3.63, 3.8) is 0 Å². The zero-order chi connectivity index (χ0) is 17.9. The van der Waals surface area contributed by atoms with Gasteiger partial charge in [0, 0.05) is 6.07 Å². The predicted octanol–water partition coefficient (Wildman–Crippen LogP) is 1.32. The van der Waals surface area contributed by atoms with E-state index < -0.39 is 0 Å². The van der Waals surface area contributed by atoms with Crippen LogP contribution in [0.1, 0.15) is 5.01 Å². The molecule has 0 atom stereocenters. The van der Waals surface area contributed by atoms with Crippen LogP contribution in [-0.2, 0) is 4.79 Å². The average Bonchev–Trinajstić information content (AvgIpc) is 3.28. The van der Waals surface area contributed by atoms with E-state index in [0.717, 1.165) is 10.7 Å². The van der Waals surface area contributed by atoms with Crippen LogP contribution in [0.4, 0.5) is 5.13 Å². The fourth-order valence-corrected chi connectivity index (χ4v) is 3.53. The fourth-order valence-electron chi connectivity index (χ4n) is 2.23. The van der Waals surface area contributed by atoms with Gasteiger partial charge in [-0.2, -0.15) is 4.68 Å².